The molecule has 138 valence electrons. The quantitative estimate of drug-likeness (QED) is 0.671. The van der Waals surface area contributed by atoms with Gasteiger partial charge in [0.2, 0.25) is 5.91 Å². The molecule has 1 aliphatic carbocycles. The minimum absolute atomic E-state index is 0.0181. The van der Waals surface area contributed by atoms with E-state index in [2.05, 4.69) is 22.4 Å². The summed E-state index contributed by atoms with van der Waals surface area (Å²) >= 11 is 1.35. The van der Waals surface area contributed by atoms with Crippen LogP contribution in [-0.4, -0.2) is 21.2 Å². The van der Waals surface area contributed by atoms with E-state index >= 15 is 0 Å². The zero-order chi connectivity index (χ0) is 18.6. The van der Waals surface area contributed by atoms with Gasteiger partial charge in [-0.25, -0.2) is 9.37 Å². The number of hydrogen-bond donors (Lipinski definition) is 1. The highest BCUT2D eigenvalue weighted by Crippen LogP contribution is 2.29. The monoisotopic (exact) mass is 381 g/mol. The van der Waals surface area contributed by atoms with Crippen molar-refractivity contribution in [2.45, 2.75) is 30.5 Å². The summed E-state index contributed by atoms with van der Waals surface area (Å²) in [6.45, 7) is 0. The van der Waals surface area contributed by atoms with Crippen molar-refractivity contribution in [1.82, 2.24) is 14.9 Å². The number of halogens is 1. The van der Waals surface area contributed by atoms with Gasteiger partial charge in [0.1, 0.15) is 5.82 Å². The fraction of sp³-hybridized carbons (Fsp3) is 0.238. The maximum atomic E-state index is 13.5. The van der Waals surface area contributed by atoms with Gasteiger partial charge in [0, 0.05) is 12.4 Å². The van der Waals surface area contributed by atoms with Crippen LogP contribution in [0.3, 0.4) is 0 Å². The number of aromatic nitrogens is 2. The molecule has 0 saturated heterocycles. The van der Waals surface area contributed by atoms with E-state index in [1.807, 2.05) is 18.2 Å². The summed E-state index contributed by atoms with van der Waals surface area (Å²) in [5.41, 5.74) is 3.24. The number of benzene rings is 2. The number of nitrogens with zero attached hydrogens (tertiary/aromatic N) is 2. The zero-order valence-corrected chi connectivity index (χ0v) is 15.6. The third-order valence-corrected chi connectivity index (χ3v) is 5.70. The van der Waals surface area contributed by atoms with Crippen LogP contribution in [0.4, 0.5) is 4.39 Å². The highest BCUT2D eigenvalue weighted by molar-refractivity contribution is 7.99. The predicted octanol–water partition coefficient (Wildman–Crippen LogP) is 4.30. The number of thioether (sulfide) groups is 1. The van der Waals surface area contributed by atoms with Gasteiger partial charge in [-0.1, -0.05) is 42.1 Å². The van der Waals surface area contributed by atoms with Crippen molar-refractivity contribution >= 4 is 17.7 Å². The highest BCUT2D eigenvalue weighted by atomic mass is 32.2. The Kier molecular flexibility index (Phi) is 5.25. The molecule has 1 amide bonds. The van der Waals surface area contributed by atoms with Crippen LogP contribution in [0.2, 0.25) is 0 Å². The molecule has 0 fully saturated rings. The molecule has 1 aromatic heterocycles. The second-order valence-corrected chi connectivity index (χ2v) is 7.50. The van der Waals surface area contributed by atoms with E-state index in [1.54, 1.807) is 23.0 Å². The number of nitrogens with one attached hydrogen (secondary N) is 1. The molecule has 6 heteroatoms. The molecular formula is C21H20FN3OS. The van der Waals surface area contributed by atoms with Gasteiger partial charge in [-0.2, -0.15) is 0 Å². The first kappa shape index (κ1) is 17.8. The van der Waals surface area contributed by atoms with Gasteiger partial charge in [-0.05, 0) is 48.6 Å². The first-order chi connectivity index (χ1) is 13.2. The molecule has 1 N–H and O–H groups in total. The van der Waals surface area contributed by atoms with Gasteiger partial charge in [0.15, 0.2) is 5.16 Å². The Balaban J connectivity index is 1.41. The number of carbonyl (C=O) groups is 1. The van der Waals surface area contributed by atoms with Crippen molar-refractivity contribution in [2.24, 2.45) is 0 Å². The number of hydrogen-bond acceptors (Lipinski definition) is 3. The van der Waals surface area contributed by atoms with Crippen molar-refractivity contribution in [2.75, 3.05) is 5.75 Å². The third-order valence-electron chi connectivity index (χ3n) is 4.73. The second kappa shape index (κ2) is 7.96. The van der Waals surface area contributed by atoms with Crippen LogP contribution in [0.5, 0.6) is 0 Å². The Morgan fingerprint density at radius 3 is 3.04 bits per heavy atom. The van der Waals surface area contributed by atoms with Gasteiger partial charge in [-0.15, -0.1) is 0 Å². The molecule has 0 radical (unpaired) electrons. The summed E-state index contributed by atoms with van der Waals surface area (Å²) < 4.78 is 15.3. The van der Waals surface area contributed by atoms with E-state index in [0.29, 0.717) is 10.8 Å². The van der Waals surface area contributed by atoms with E-state index in [1.165, 1.54) is 35.0 Å². The molecule has 0 unspecified atom stereocenters. The molecule has 4 rings (SSSR count). The van der Waals surface area contributed by atoms with E-state index < -0.39 is 0 Å². The summed E-state index contributed by atoms with van der Waals surface area (Å²) in [5, 5.41) is 3.82. The minimum atomic E-state index is -0.300. The lowest BCUT2D eigenvalue weighted by molar-refractivity contribution is -0.119. The summed E-state index contributed by atoms with van der Waals surface area (Å²) in [6, 6.07) is 14.7. The Labute approximate surface area is 161 Å². The summed E-state index contributed by atoms with van der Waals surface area (Å²) in [6.07, 6.45) is 6.54. The molecule has 0 saturated carbocycles. The van der Waals surface area contributed by atoms with E-state index in [-0.39, 0.29) is 23.5 Å². The molecule has 0 spiro atoms. The van der Waals surface area contributed by atoms with Crippen molar-refractivity contribution in [3.05, 3.63) is 77.9 Å². The lowest BCUT2D eigenvalue weighted by Gasteiger charge is -2.26. The maximum Gasteiger partial charge on any atom is 0.230 e. The molecule has 0 bridgehead atoms. The van der Waals surface area contributed by atoms with Crippen LogP contribution in [-0.2, 0) is 11.2 Å². The lowest BCUT2D eigenvalue weighted by atomic mass is 9.88. The smallest absolute Gasteiger partial charge is 0.230 e. The fourth-order valence-electron chi connectivity index (χ4n) is 3.49. The molecule has 1 heterocycles. The predicted molar refractivity (Wildman–Crippen MR) is 105 cm³/mol. The lowest BCUT2D eigenvalue weighted by Crippen LogP contribution is -2.32. The zero-order valence-electron chi connectivity index (χ0n) is 14.8. The van der Waals surface area contributed by atoms with E-state index in [0.717, 1.165) is 19.3 Å². The number of imidazole rings is 1. The van der Waals surface area contributed by atoms with Crippen molar-refractivity contribution in [1.29, 1.82) is 0 Å². The Hall–Kier alpha value is -2.60. The Bertz CT molecular complexity index is 956. The van der Waals surface area contributed by atoms with Gasteiger partial charge in [-0.3, -0.25) is 9.36 Å². The topological polar surface area (TPSA) is 46.9 Å². The summed E-state index contributed by atoms with van der Waals surface area (Å²) in [7, 11) is 0. The summed E-state index contributed by atoms with van der Waals surface area (Å²) in [5.74, 6) is -0.0493. The van der Waals surface area contributed by atoms with E-state index in [4.69, 9.17) is 0 Å². The van der Waals surface area contributed by atoms with Crippen molar-refractivity contribution in [3.63, 3.8) is 0 Å². The molecule has 4 nitrogen and oxygen atoms in total. The van der Waals surface area contributed by atoms with Gasteiger partial charge < -0.3 is 5.32 Å². The van der Waals surface area contributed by atoms with Crippen molar-refractivity contribution in [3.8, 4) is 5.69 Å². The molecule has 2 aromatic carbocycles. The molecule has 27 heavy (non-hydrogen) atoms. The largest absolute Gasteiger partial charge is 0.349 e. The average Bonchev–Trinajstić information content (AvgIpc) is 3.15. The standard InChI is InChI=1S/C21H20FN3OS/c22-16-7-4-8-17(13-16)25-12-11-23-21(25)27-14-20(26)24-19-10-3-6-15-5-1-2-9-18(15)19/h1-2,4-5,7-9,11-13,19H,3,6,10,14H2,(H,24,26)/t19-/m0/s1. The average molecular weight is 381 g/mol. The first-order valence-corrected chi connectivity index (χ1v) is 9.98. The number of fused-ring (bicyclic) bond motifs is 1. The van der Waals surface area contributed by atoms with E-state index in [9.17, 15) is 9.18 Å². The van der Waals surface area contributed by atoms with Crippen LogP contribution in [0, 0.1) is 5.82 Å². The normalized spacial score (nSPS) is 16.0. The van der Waals surface area contributed by atoms with Gasteiger partial charge >= 0.3 is 0 Å². The van der Waals surface area contributed by atoms with Gasteiger partial charge in [0.25, 0.3) is 0 Å². The highest BCUT2D eigenvalue weighted by Gasteiger charge is 2.21. The molecule has 1 aliphatic rings. The molecule has 0 aliphatic heterocycles. The van der Waals surface area contributed by atoms with Crippen LogP contribution >= 0.6 is 11.8 Å². The van der Waals surface area contributed by atoms with Crippen LogP contribution < -0.4 is 5.32 Å². The van der Waals surface area contributed by atoms with Crippen LogP contribution in [0.1, 0.15) is 30.0 Å². The van der Waals surface area contributed by atoms with Crippen molar-refractivity contribution < 1.29 is 9.18 Å². The van der Waals surface area contributed by atoms with Crippen LogP contribution in [0.15, 0.2) is 66.1 Å². The number of rotatable bonds is 5. The Morgan fingerprint density at radius 1 is 1.26 bits per heavy atom. The summed E-state index contributed by atoms with van der Waals surface area (Å²) in [4.78, 5) is 16.8. The van der Waals surface area contributed by atoms with Gasteiger partial charge in [0.05, 0.1) is 17.5 Å². The minimum Gasteiger partial charge on any atom is -0.349 e. The first-order valence-electron chi connectivity index (χ1n) is 9.00. The third kappa shape index (κ3) is 4.06. The SMILES string of the molecule is O=C(CSc1nccn1-c1cccc(F)c1)N[C@H]1CCCc2ccccc21. The molecule has 1 atom stereocenters. The molecular weight excluding hydrogens is 361 g/mol. The fourth-order valence-corrected chi connectivity index (χ4v) is 4.27. The van der Waals surface area contributed by atoms with Crippen LogP contribution in [0.25, 0.3) is 5.69 Å². The number of carbonyl (C=O) groups excluding carboxylic acids is 1. The maximum absolute atomic E-state index is 13.5. The second-order valence-electron chi connectivity index (χ2n) is 6.56. The number of amides is 1. The Morgan fingerprint density at radius 2 is 2.15 bits per heavy atom. The molecule has 3 aromatic rings. The number of aryl methyl sites for hydroxylation is 1.